The number of carbonyl (C=O) groups excluding carboxylic acids is 2. The molecule has 0 aromatic rings. The maximum atomic E-state index is 11.5. The molecule has 2 amide bonds. The summed E-state index contributed by atoms with van der Waals surface area (Å²) in [6, 6.07) is 0.163. The Balaban J connectivity index is 2.59. The van der Waals surface area contributed by atoms with E-state index in [1.807, 2.05) is 20.9 Å². The molecule has 1 rings (SSSR count). The van der Waals surface area contributed by atoms with Crippen LogP contribution in [0.4, 0.5) is 0 Å². The Morgan fingerprint density at radius 2 is 1.93 bits per heavy atom. The van der Waals surface area contributed by atoms with Gasteiger partial charge in [0.15, 0.2) is 0 Å². The number of carbonyl (C=O) groups is 2. The third kappa shape index (κ3) is 2.54. The summed E-state index contributed by atoms with van der Waals surface area (Å²) in [4.78, 5) is 24.5. The van der Waals surface area contributed by atoms with Gasteiger partial charge in [-0.05, 0) is 19.9 Å². The molecule has 1 saturated heterocycles. The largest absolute Gasteiger partial charge is 0.315 e. The SMILES string of the molecule is CNC(C)CN1C(=O)CC(C)CC1=O. The van der Waals surface area contributed by atoms with E-state index in [2.05, 4.69) is 5.32 Å². The minimum Gasteiger partial charge on any atom is -0.315 e. The average molecular weight is 198 g/mol. The minimum atomic E-state index is -0.0316. The number of amides is 2. The van der Waals surface area contributed by atoms with E-state index in [4.69, 9.17) is 0 Å². The lowest BCUT2D eigenvalue weighted by molar-refractivity contribution is -0.150. The Bertz CT molecular complexity index is 222. The number of hydrogen-bond acceptors (Lipinski definition) is 3. The molecule has 0 aliphatic carbocycles. The molecule has 0 bridgehead atoms. The molecule has 0 aromatic carbocycles. The molecule has 0 saturated carbocycles. The van der Waals surface area contributed by atoms with Gasteiger partial charge in [-0.1, -0.05) is 6.92 Å². The maximum Gasteiger partial charge on any atom is 0.229 e. The fraction of sp³-hybridized carbons (Fsp3) is 0.800. The predicted molar refractivity (Wildman–Crippen MR) is 53.6 cm³/mol. The second-order valence-electron chi connectivity index (χ2n) is 4.10. The zero-order valence-electron chi connectivity index (χ0n) is 9.04. The average Bonchev–Trinajstić information content (AvgIpc) is 2.10. The topological polar surface area (TPSA) is 49.4 Å². The van der Waals surface area contributed by atoms with Crippen LogP contribution >= 0.6 is 0 Å². The zero-order valence-corrected chi connectivity index (χ0v) is 9.04. The first kappa shape index (κ1) is 11.2. The second kappa shape index (κ2) is 4.55. The maximum absolute atomic E-state index is 11.5. The number of hydrogen-bond donors (Lipinski definition) is 1. The highest BCUT2D eigenvalue weighted by Gasteiger charge is 2.30. The van der Waals surface area contributed by atoms with Crippen molar-refractivity contribution in [2.45, 2.75) is 32.7 Å². The van der Waals surface area contributed by atoms with Crippen LogP contribution < -0.4 is 5.32 Å². The highest BCUT2D eigenvalue weighted by molar-refractivity contribution is 5.97. The van der Waals surface area contributed by atoms with Crippen LogP contribution in [0.5, 0.6) is 0 Å². The quantitative estimate of drug-likeness (QED) is 0.667. The smallest absolute Gasteiger partial charge is 0.229 e. The number of likely N-dealkylation sites (N-methyl/N-ethyl adjacent to an activating group) is 1. The van der Waals surface area contributed by atoms with Crippen LogP contribution in [0.2, 0.25) is 0 Å². The van der Waals surface area contributed by atoms with Gasteiger partial charge in [0.2, 0.25) is 11.8 Å². The summed E-state index contributed by atoms with van der Waals surface area (Å²) in [5, 5.41) is 3.02. The van der Waals surface area contributed by atoms with Crippen molar-refractivity contribution in [1.29, 1.82) is 0 Å². The number of nitrogens with zero attached hydrogens (tertiary/aromatic N) is 1. The van der Waals surface area contributed by atoms with Crippen molar-refractivity contribution in [3.05, 3.63) is 0 Å². The van der Waals surface area contributed by atoms with E-state index >= 15 is 0 Å². The van der Waals surface area contributed by atoms with Crippen molar-refractivity contribution < 1.29 is 9.59 Å². The summed E-state index contributed by atoms with van der Waals surface area (Å²) >= 11 is 0. The number of piperidine rings is 1. The van der Waals surface area contributed by atoms with Crippen molar-refractivity contribution in [1.82, 2.24) is 10.2 Å². The first-order chi connectivity index (χ1) is 6.54. The van der Waals surface area contributed by atoms with Gasteiger partial charge in [0.05, 0.1) is 0 Å². The summed E-state index contributed by atoms with van der Waals surface area (Å²) in [5.74, 6) is 0.142. The van der Waals surface area contributed by atoms with E-state index in [-0.39, 0.29) is 23.8 Å². The predicted octanol–water partition coefficient (Wildman–Crippen LogP) is 0.379. The molecule has 1 atom stereocenters. The van der Waals surface area contributed by atoms with Gasteiger partial charge in [-0.25, -0.2) is 0 Å². The van der Waals surface area contributed by atoms with Crippen molar-refractivity contribution in [3.8, 4) is 0 Å². The van der Waals surface area contributed by atoms with E-state index in [0.717, 1.165) is 0 Å². The van der Waals surface area contributed by atoms with Gasteiger partial charge in [-0.3, -0.25) is 14.5 Å². The summed E-state index contributed by atoms with van der Waals surface area (Å²) in [6.07, 6.45) is 1.00. The van der Waals surface area contributed by atoms with E-state index in [1.165, 1.54) is 4.90 Å². The standard InChI is InChI=1S/C10H18N2O2/c1-7-4-9(13)12(10(14)5-7)6-8(2)11-3/h7-8,11H,4-6H2,1-3H3. The Morgan fingerprint density at radius 3 is 2.36 bits per heavy atom. The summed E-state index contributed by atoms with van der Waals surface area (Å²) in [7, 11) is 1.83. The van der Waals surface area contributed by atoms with Crippen LogP contribution in [-0.2, 0) is 9.59 Å². The molecule has 1 heterocycles. The third-order valence-electron chi connectivity index (χ3n) is 2.60. The van der Waals surface area contributed by atoms with Gasteiger partial charge < -0.3 is 5.32 Å². The molecule has 1 unspecified atom stereocenters. The molecular formula is C10H18N2O2. The van der Waals surface area contributed by atoms with Crippen molar-refractivity contribution in [2.75, 3.05) is 13.6 Å². The fourth-order valence-corrected chi connectivity index (χ4v) is 1.60. The molecule has 0 spiro atoms. The Kier molecular flexibility index (Phi) is 3.63. The van der Waals surface area contributed by atoms with Gasteiger partial charge in [0.25, 0.3) is 0 Å². The normalized spacial score (nSPS) is 21.5. The summed E-state index contributed by atoms with van der Waals surface area (Å²) in [6.45, 7) is 4.38. The molecule has 80 valence electrons. The van der Waals surface area contributed by atoms with Gasteiger partial charge >= 0.3 is 0 Å². The van der Waals surface area contributed by atoms with E-state index in [1.54, 1.807) is 0 Å². The van der Waals surface area contributed by atoms with E-state index < -0.39 is 0 Å². The molecule has 1 aliphatic heterocycles. The van der Waals surface area contributed by atoms with Crippen LogP contribution in [0.1, 0.15) is 26.7 Å². The second-order valence-corrected chi connectivity index (χ2v) is 4.10. The van der Waals surface area contributed by atoms with Crippen molar-refractivity contribution in [3.63, 3.8) is 0 Å². The number of likely N-dealkylation sites (tertiary alicyclic amines) is 1. The van der Waals surface area contributed by atoms with Crippen molar-refractivity contribution in [2.24, 2.45) is 5.92 Å². The lowest BCUT2D eigenvalue weighted by Gasteiger charge is -2.30. The summed E-state index contributed by atoms with van der Waals surface area (Å²) < 4.78 is 0. The van der Waals surface area contributed by atoms with Crippen LogP contribution in [0, 0.1) is 5.92 Å². The van der Waals surface area contributed by atoms with Gasteiger partial charge in [-0.2, -0.15) is 0 Å². The number of imide groups is 1. The Morgan fingerprint density at radius 1 is 1.43 bits per heavy atom. The highest BCUT2D eigenvalue weighted by Crippen LogP contribution is 2.18. The number of rotatable bonds is 3. The lowest BCUT2D eigenvalue weighted by Crippen LogP contribution is -2.48. The molecule has 1 N–H and O–H groups in total. The van der Waals surface area contributed by atoms with Crippen molar-refractivity contribution >= 4 is 11.8 Å². The molecule has 1 aliphatic rings. The van der Waals surface area contributed by atoms with Gasteiger partial charge in [0.1, 0.15) is 0 Å². The molecule has 14 heavy (non-hydrogen) atoms. The first-order valence-electron chi connectivity index (χ1n) is 5.05. The summed E-state index contributed by atoms with van der Waals surface area (Å²) in [5.41, 5.74) is 0. The molecule has 1 fully saturated rings. The molecular weight excluding hydrogens is 180 g/mol. The highest BCUT2D eigenvalue weighted by atomic mass is 16.2. The molecule has 4 heteroatoms. The van der Waals surface area contributed by atoms with Crippen LogP contribution in [0.25, 0.3) is 0 Å². The van der Waals surface area contributed by atoms with Crippen LogP contribution in [0.3, 0.4) is 0 Å². The van der Waals surface area contributed by atoms with Gasteiger partial charge in [0, 0.05) is 25.4 Å². The Labute approximate surface area is 84.7 Å². The van der Waals surface area contributed by atoms with E-state index in [0.29, 0.717) is 19.4 Å². The van der Waals surface area contributed by atoms with E-state index in [9.17, 15) is 9.59 Å². The minimum absolute atomic E-state index is 0.0316. The zero-order chi connectivity index (χ0) is 10.7. The fourth-order valence-electron chi connectivity index (χ4n) is 1.60. The lowest BCUT2D eigenvalue weighted by atomic mass is 9.97. The van der Waals surface area contributed by atoms with Gasteiger partial charge in [-0.15, -0.1) is 0 Å². The molecule has 4 nitrogen and oxygen atoms in total. The Hall–Kier alpha value is -0.900. The molecule has 0 radical (unpaired) electrons. The number of nitrogens with one attached hydrogen (secondary N) is 1. The third-order valence-corrected chi connectivity index (χ3v) is 2.60. The van der Waals surface area contributed by atoms with Crippen LogP contribution in [0.15, 0.2) is 0 Å². The monoisotopic (exact) mass is 198 g/mol. The van der Waals surface area contributed by atoms with Crippen LogP contribution in [-0.4, -0.2) is 36.3 Å². The first-order valence-corrected chi connectivity index (χ1v) is 5.05. The molecule has 0 aromatic heterocycles.